The van der Waals surface area contributed by atoms with Crippen LogP contribution in [0.4, 0.5) is 0 Å². The standard InChI is InChI=1S/C30H40N2/c1-4-5-21-29(31-22-26-15-9-6-10-16-26)30(25(2)3)32(23-27-17-11-7-12-18-27)24-28-19-13-8-14-20-28/h6-20,25,29-31H,4-5,21-24H2,1-3H3/t29-,30-/m0/s1. The lowest BCUT2D eigenvalue weighted by molar-refractivity contribution is 0.0962. The third kappa shape index (κ3) is 7.62. The minimum absolute atomic E-state index is 0.447. The van der Waals surface area contributed by atoms with Gasteiger partial charge in [0.2, 0.25) is 0 Å². The number of nitrogens with one attached hydrogen (secondary N) is 1. The van der Waals surface area contributed by atoms with Gasteiger partial charge < -0.3 is 5.32 Å². The second kappa shape index (κ2) is 13.2. The summed E-state index contributed by atoms with van der Waals surface area (Å²) in [7, 11) is 0. The number of hydrogen-bond acceptors (Lipinski definition) is 2. The van der Waals surface area contributed by atoms with Crippen molar-refractivity contribution >= 4 is 0 Å². The second-order valence-corrected chi connectivity index (χ2v) is 9.23. The first-order valence-corrected chi connectivity index (χ1v) is 12.3. The van der Waals surface area contributed by atoms with E-state index in [4.69, 9.17) is 0 Å². The number of nitrogens with zero attached hydrogens (tertiary/aromatic N) is 1. The van der Waals surface area contributed by atoms with Crippen molar-refractivity contribution < 1.29 is 0 Å². The van der Waals surface area contributed by atoms with E-state index in [0.717, 1.165) is 19.6 Å². The molecule has 0 unspecified atom stereocenters. The largest absolute Gasteiger partial charge is 0.308 e. The van der Waals surface area contributed by atoms with Crippen LogP contribution in [-0.4, -0.2) is 17.0 Å². The lowest BCUT2D eigenvalue weighted by Crippen LogP contribution is -2.52. The molecule has 32 heavy (non-hydrogen) atoms. The van der Waals surface area contributed by atoms with Gasteiger partial charge in [-0.05, 0) is 29.0 Å². The van der Waals surface area contributed by atoms with E-state index in [-0.39, 0.29) is 0 Å². The highest BCUT2D eigenvalue weighted by molar-refractivity contribution is 5.18. The first kappa shape index (κ1) is 24.2. The van der Waals surface area contributed by atoms with E-state index in [2.05, 4.69) is 122 Å². The lowest BCUT2D eigenvalue weighted by atomic mass is 9.90. The molecule has 3 aromatic carbocycles. The van der Waals surface area contributed by atoms with Gasteiger partial charge >= 0.3 is 0 Å². The second-order valence-electron chi connectivity index (χ2n) is 9.23. The van der Waals surface area contributed by atoms with Crippen LogP contribution in [0.5, 0.6) is 0 Å². The molecule has 0 aliphatic rings. The molecule has 2 nitrogen and oxygen atoms in total. The molecule has 170 valence electrons. The summed E-state index contributed by atoms with van der Waals surface area (Å²) in [6.07, 6.45) is 3.68. The topological polar surface area (TPSA) is 15.3 Å². The zero-order chi connectivity index (χ0) is 22.6. The van der Waals surface area contributed by atoms with Gasteiger partial charge in [-0.15, -0.1) is 0 Å². The first-order valence-electron chi connectivity index (χ1n) is 12.3. The SMILES string of the molecule is CCCC[C@H](NCc1ccccc1)[C@H](C(C)C)N(Cc1ccccc1)Cc1ccccc1. The Morgan fingerprint density at radius 2 is 1.16 bits per heavy atom. The molecule has 2 atom stereocenters. The number of benzene rings is 3. The van der Waals surface area contributed by atoms with Crippen LogP contribution in [0.1, 0.15) is 56.7 Å². The molecule has 0 aliphatic carbocycles. The molecule has 0 amide bonds. The Kier molecular flexibility index (Phi) is 9.99. The molecule has 0 aromatic heterocycles. The molecule has 3 aromatic rings. The maximum Gasteiger partial charge on any atom is 0.0279 e. The van der Waals surface area contributed by atoms with Gasteiger partial charge in [-0.1, -0.05) is 125 Å². The van der Waals surface area contributed by atoms with Crippen molar-refractivity contribution in [1.29, 1.82) is 0 Å². The Labute approximate surface area is 195 Å². The first-order chi connectivity index (χ1) is 15.7. The highest BCUT2D eigenvalue weighted by Gasteiger charge is 2.30. The van der Waals surface area contributed by atoms with Crippen LogP contribution in [0, 0.1) is 5.92 Å². The van der Waals surface area contributed by atoms with Gasteiger partial charge in [0, 0.05) is 31.7 Å². The fourth-order valence-corrected chi connectivity index (χ4v) is 4.71. The van der Waals surface area contributed by atoms with Gasteiger partial charge in [-0.2, -0.15) is 0 Å². The maximum atomic E-state index is 3.96. The third-order valence-corrected chi connectivity index (χ3v) is 6.25. The Balaban J connectivity index is 1.86. The van der Waals surface area contributed by atoms with Crippen molar-refractivity contribution in [1.82, 2.24) is 10.2 Å². The van der Waals surface area contributed by atoms with Crippen molar-refractivity contribution in [3.05, 3.63) is 108 Å². The summed E-state index contributed by atoms with van der Waals surface area (Å²) in [4.78, 5) is 2.70. The van der Waals surface area contributed by atoms with Crippen LogP contribution in [0.25, 0.3) is 0 Å². The summed E-state index contributed by atoms with van der Waals surface area (Å²) in [5.74, 6) is 0.549. The van der Waals surface area contributed by atoms with Crippen molar-refractivity contribution in [2.75, 3.05) is 0 Å². The fraction of sp³-hybridized carbons (Fsp3) is 0.400. The van der Waals surface area contributed by atoms with Gasteiger partial charge in [0.1, 0.15) is 0 Å². The van der Waals surface area contributed by atoms with Gasteiger partial charge in [0.15, 0.2) is 0 Å². The average Bonchev–Trinajstić information content (AvgIpc) is 2.82. The molecule has 0 saturated heterocycles. The molecule has 0 bridgehead atoms. The Morgan fingerprint density at radius 1 is 0.688 bits per heavy atom. The van der Waals surface area contributed by atoms with Crippen LogP contribution in [-0.2, 0) is 19.6 Å². The molecule has 0 spiro atoms. The molecule has 0 heterocycles. The Bertz CT molecular complexity index is 820. The van der Waals surface area contributed by atoms with Crippen molar-refractivity contribution in [3.63, 3.8) is 0 Å². The average molecular weight is 429 g/mol. The predicted molar refractivity (Wildman–Crippen MR) is 137 cm³/mol. The zero-order valence-electron chi connectivity index (χ0n) is 20.1. The molecular weight excluding hydrogens is 388 g/mol. The highest BCUT2D eigenvalue weighted by Crippen LogP contribution is 2.24. The molecule has 3 rings (SSSR count). The van der Waals surface area contributed by atoms with E-state index < -0.39 is 0 Å². The van der Waals surface area contributed by atoms with E-state index >= 15 is 0 Å². The van der Waals surface area contributed by atoms with E-state index in [1.54, 1.807) is 0 Å². The molecule has 0 radical (unpaired) electrons. The van der Waals surface area contributed by atoms with Crippen LogP contribution < -0.4 is 5.32 Å². The van der Waals surface area contributed by atoms with Gasteiger partial charge in [-0.25, -0.2) is 0 Å². The summed E-state index contributed by atoms with van der Waals surface area (Å²) in [5.41, 5.74) is 4.12. The van der Waals surface area contributed by atoms with Gasteiger partial charge in [0.05, 0.1) is 0 Å². The molecule has 0 saturated carbocycles. The van der Waals surface area contributed by atoms with Gasteiger partial charge in [-0.3, -0.25) is 4.90 Å². The smallest absolute Gasteiger partial charge is 0.0279 e. The van der Waals surface area contributed by atoms with Crippen molar-refractivity contribution in [2.45, 2.75) is 71.8 Å². The number of rotatable bonds is 13. The quantitative estimate of drug-likeness (QED) is 0.313. The monoisotopic (exact) mass is 428 g/mol. The zero-order valence-corrected chi connectivity index (χ0v) is 20.1. The lowest BCUT2D eigenvalue weighted by Gasteiger charge is -2.41. The Morgan fingerprint density at radius 3 is 1.59 bits per heavy atom. The van der Waals surface area contributed by atoms with Crippen molar-refractivity contribution in [3.8, 4) is 0 Å². The van der Waals surface area contributed by atoms with E-state index in [1.165, 1.54) is 36.0 Å². The van der Waals surface area contributed by atoms with E-state index in [1.807, 2.05) is 0 Å². The maximum absolute atomic E-state index is 3.96. The Hall–Kier alpha value is -2.42. The van der Waals surface area contributed by atoms with E-state index in [0.29, 0.717) is 18.0 Å². The van der Waals surface area contributed by atoms with Crippen molar-refractivity contribution in [2.24, 2.45) is 5.92 Å². The minimum atomic E-state index is 0.447. The molecule has 0 aliphatic heterocycles. The fourth-order valence-electron chi connectivity index (χ4n) is 4.71. The summed E-state index contributed by atoms with van der Waals surface area (Å²) in [5, 5.41) is 3.96. The number of unbranched alkanes of at least 4 members (excludes halogenated alkanes) is 1. The van der Waals surface area contributed by atoms with Crippen LogP contribution in [0.2, 0.25) is 0 Å². The highest BCUT2D eigenvalue weighted by atomic mass is 15.2. The summed E-state index contributed by atoms with van der Waals surface area (Å²) < 4.78 is 0. The van der Waals surface area contributed by atoms with Crippen LogP contribution in [0.3, 0.4) is 0 Å². The third-order valence-electron chi connectivity index (χ3n) is 6.25. The van der Waals surface area contributed by atoms with E-state index in [9.17, 15) is 0 Å². The normalized spacial score (nSPS) is 13.4. The van der Waals surface area contributed by atoms with Crippen LogP contribution in [0.15, 0.2) is 91.0 Å². The van der Waals surface area contributed by atoms with Crippen LogP contribution >= 0.6 is 0 Å². The summed E-state index contributed by atoms with van der Waals surface area (Å²) in [6.45, 7) is 9.92. The van der Waals surface area contributed by atoms with Gasteiger partial charge in [0.25, 0.3) is 0 Å². The molecule has 0 fully saturated rings. The molecular formula is C30H40N2. The predicted octanol–water partition coefficient (Wildman–Crippen LogP) is 7.06. The molecule has 2 heteroatoms. The summed E-state index contributed by atoms with van der Waals surface area (Å²) >= 11 is 0. The minimum Gasteiger partial charge on any atom is -0.308 e. The molecule has 1 N–H and O–H groups in total. The number of hydrogen-bond donors (Lipinski definition) is 1. The summed E-state index contributed by atoms with van der Waals surface area (Å²) in [6, 6.07) is 33.6.